The fraction of sp³-hybridized carbons (Fsp3) is 0.567. The van der Waals surface area contributed by atoms with E-state index in [2.05, 4.69) is 0 Å². The van der Waals surface area contributed by atoms with E-state index >= 15 is 0 Å². The Morgan fingerprint density at radius 3 is 2.39 bits per heavy atom. The molecule has 2 saturated heterocycles. The summed E-state index contributed by atoms with van der Waals surface area (Å²) in [6.07, 6.45) is 9.39. The van der Waals surface area contributed by atoms with Crippen LogP contribution in [0.25, 0.3) is 0 Å². The van der Waals surface area contributed by atoms with Gasteiger partial charge in [-0.15, -0.1) is 0 Å². The maximum Gasteiger partial charge on any atom is 0.249 e. The van der Waals surface area contributed by atoms with E-state index in [1.54, 1.807) is 14.7 Å². The summed E-state index contributed by atoms with van der Waals surface area (Å²) >= 11 is 0. The molecule has 4 heterocycles. The van der Waals surface area contributed by atoms with Crippen LogP contribution in [-0.2, 0) is 25.7 Å². The van der Waals surface area contributed by atoms with Crippen LogP contribution in [0.5, 0.6) is 0 Å². The number of amides is 3. The Hall–Kier alpha value is -2.97. The van der Waals surface area contributed by atoms with E-state index in [4.69, 9.17) is 4.74 Å². The molecule has 1 N–H and O–H groups in total. The van der Waals surface area contributed by atoms with E-state index in [9.17, 15) is 19.5 Å². The van der Waals surface area contributed by atoms with Crippen molar-refractivity contribution in [2.75, 3.05) is 26.2 Å². The van der Waals surface area contributed by atoms with Crippen LogP contribution in [0.4, 0.5) is 0 Å². The van der Waals surface area contributed by atoms with Crippen LogP contribution < -0.4 is 0 Å². The summed E-state index contributed by atoms with van der Waals surface area (Å²) in [6.45, 7) is 7.57. The second-order valence-electron chi connectivity index (χ2n) is 11.2. The highest BCUT2D eigenvalue weighted by Crippen LogP contribution is 2.58. The summed E-state index contributed by atoms with van der Waals surface area (Å²) < 4.78 is 6.97. The summed E-state index contributed by atoms with van der Waals surface area (Å²) in [5.74, 6) is -2.01. The molecule has 8 nitrogen and oxygen atoms in total. The van der Waals surface area contributed by atoms with Crippen LogP contribution >= 0.6 is 0 Å². The zero-order valence-corrected chi connectivity index (χ0v) is 22.6. The van der Waals surface area contributed by atoms with Gasteiger partial charge < -0.3 is 24.5 Å². The first-order valence-electron chi connectivity index (χ1n) is 13.9. The van der Waals surface area contributed by atoms with Crippen molar-refractivity contribution < 1.29 is 24.2 Å². The Morgan fingerprint density at radius 2 is 1.71 bits per heavy atom. The molecule has 8 heteroatoms. The van der Waals surface area contributed by atoms with E-state index in [1.165, 1.54) is 0 Å². The molecule has 0 bridgehead atoms. The second-order valence-corrected chi connectivity index (χ2v) is 11.2. The highest BCUT2D eigenvalue weighted by Gasteiger charge is 2.75. The van der Waals surface area contributed by atoms with Gasteiger partial charge in [0.1, 0.15) is 11.6 Å². The van der Waals surface area contributed by atoms with E-state index in [0.29, 0.717) is 45.4 Å². The summed E-state index contributed by atoms with van der Waals surface area (Å²) in [5.41, 5.74) is -1.19. The van der Waals surface area contributed by atoms with Crippen molar-refractivity contribution in [2.24, 2.45) is 11.8 Å². The van der Waals surface area contributed by atoms with Gasteiger partial charge in [0.2, 0.25) is 17.7 Å². The van der Waals surface area contributed by atoms with Gasteiger partial charge in [0.15, 0.2) is 0 Å². The minimum Gasteiger partial charge on any atom is -0.396 e. The smallest absolute Gasteiger partial charge is 0.249 e. The molecule has 5 atom stereocenters. The fourth-order valence-corrected chi connectivity index (χ4v) is 6.87. The molecule has 0 aliphatic carbocycles. The highest BCUT2D eigenvalue weighted by atomic mass is 16.5. The lowest BCUT2D eigenvalue weighted by atomic mass is 9.73. The van der Waals surface area contributed by atoms with Gasteiger partial charge in [-0.25, -0.2) is 0 Å². The van der Waals surface area contributed by atoms with E-state index in [0.717, 1.165) is 5.56 Å². The van der Waals surface area contributed by atoms with Gasteiger partial charge in [0.25, 0.3) is 0 Å². The van der Waals surface area contributed by atoms with Gasteiger partial charge in [-0.05, 0) is 38.7 Å². The molecule has 1 aromatic rings. The van der Waals surface area contributed by atoms with Crippen molar-refractivity contribution in [2.45, 2.75) is 69.9 Å². The summed E-state index contributed by atoms with van der Waals surface area (Å²) in [5, 5.41) is 9.37. The molecule has 2 fully saturated rings. The number of fused-ring (bicyclic) bond motifs is 2. The standard InChI is InChI=1S/C30H39N3O5/c1-4-29-14-10-16-31(20-22-12-6-5-7-13-22)26(35)23(29)24-27(36)33(17-8-9-19-34)25-28(37)32(21(2)3)18-11-15-30(24,25)38-29/h5-7,10-15,21,23-25,34H,4,8-9,16-20H2,1-3H3/t23-,24-,25?,29+,30-/m0/s1. The Balaban J connectivity index is 1.59. The molecule has 204 valence electrons. The average Bonchev–Trinajstić information content (AvgIpc) is 3.19. The SMILES string of the molecule is CC[C@@]12C=CCN(Cc3ccccc3)C(=O)[C@@H]1[C@H]1C(=O)N(CCCCO)C3C(=O)N(C(C)C)CC=C[C@@]31O2. The van der Waals surface area contributed by atoms with Crippen molar-refractivity contribution in [3.05, 3.63) is 60.2 Å². The molecule has 0 saturated carbocycles. The number of aliphatic hydroxyl groups excluding tert-OH is 1. The first-order chi connectivity index (χ1) is 18.3. The number of unbranched alkanes of at least 4 members (excludes halogenated alkanes) is 1. The van der Waals surface area contributed by atoms with E-state index < -0.39 is 29.1 Å². The first kappa shape index (κ1) is 26.6. The number of hydrogen-bond donors (Lipinski definition) is 1. The number of carbonyl (C=O) groups excluding carboxylic acids is 3. The highest BCUT2D eigenvalue weighted by molar-refractivity contribution is 6.00. The third kappa shape index (κ3) is 4.09. The van der Waals surface area contributed by atoms with Crippen LogP contribution in [0.15, 0.2) is 54.6 Å². The van der Waals surface area contributed by atoms with Gasteiger partial charge in [0.05, 0.1) is 17.4 Å². The molecule has 5 rings (SSSR count). The van der Waals surface area contributed by atoms with Crippen LogP contribution in [0.3, 0.4) is 0 Å². The normalized spacial score (nSPS) is 32.5. The number of hydrogen-bond acceptors (Lipinski definition) is 5. The molecule has 38 heavy (non-hydrogen) atoms. The Morgan fingerprint density at radius 1 is 0.974 bits per heavy atom. The number of aliphatic hydroxyl groups is 1. The van der Waals surface area contributed by atoms with Crippen LogP contribution in [0.2, 0.25) is 0 Å². The third-order valence-electron chi connectivity index (χ3n) is 8.70. The number of rotatable bonds is 8. The monoisotopic (exact) mass is 521 g/mol. The molecular formula is C30H39N3O5. The Labute approximate surface area is 224 Å². The molecule has 4 aliphatic rings. The van der Waals surface area contributed by atoms with Crippen molar-refractivity contribution in [1.82, 2.24) is 14.7 Å². The van der Waals surface area contributed by atoms with Crippen molar-refractivity contribution in [3.8, 4) is 0 Å². The lowest BCUT2D eigenvalue weighted by Crippen LogP contribution is -2.57. The first-order valence-corrected chi connectivity index (χ1v) is 13.9. The number of carbonyl (C=O) groups is 3. The molecule has 1 spiro atoms. The van der Waals surface area contributed by atoms with E-state index in [1.807, 2.05) is 75.4 Å². The average molecular weight is 522 g/mol. The van der Waals surface area contributed by atoms with Gasteiger partial charge in [-0.3, -0.25) is 14.4 Å². The molecule has 1 aromatic carbocycles. The van der Waals surface area contributed by atoms with Gasteiger partial charge in [-0.2, -0.15) is 0 Å². The largest absolute Gasteiger partial charge is 0.396 e. The molecule has 3 amide bonds. The summed E-state index contributed by atoms with van der Waals surface area (Å²) in [4.78, 5) is 48.0. The predicted octanol–water partition coefficient (Wildman–Crippen LogP) is 2.53. The van der Waals surface area contributed by atoms with Crippen molar-refractivity contribution in [1.29, 1.82) is 0 Å². The zero-order valence-electron chi connectivity index (χ0n) is 22.6. The maximum absolute atomic E-state index is 14.3. The van der Waals surface area contributed by atoms with Crippen molar-refractivity contribution >= 4 is 17.7 Å². The van der Waals surface area contributed by atoms with Gasteiger partial charge in [-0.1, -0.05) is 61.6 Å². The number of nitrogens with zero attached hydrogens (tertiary/aromatic N) is 3. The Kier molecular flexibility index (Phi) is 7.22. The maximum atomic E-state index is 14.3. The zero-order chi connectivity index (χ0) is 27.1. The second kappa shape index (κ2) is 10.3. The Bertz CT molecular complexity index is 1130. The van der Waals surface area contributed by atoms with Crippen LogP contribution in [0, 0.1) is 11.8 Å². The number of ether oxygens (including phenoxy) is 1. The molecule has 0 aromatic heterocycles. The minimum atomic E-state index is -1.23. The third-order valence-corrected chi connectivity index (χ3v) is 8.70. The topological polar surface area (TPSA) is 90.4 Å². The lowest BCUT2D eigenvalue weighted by Gasteiger charge is -2.39. The lowest BCUT2D eigenvalue weighted by molar-refractivity contribution is -0.155. The number of likely N-dealkylation sites (tertiary alicyclic amines) is 1. The van der Waals surface area contributed by atoms with Gasteiger partial charge >= 0.3 is 0 Å². The van der Waals surface area contributed by atoms with Crippen LogP contribution in [-0.4, -0.2) is 87.1 Å². The molecule has 4 aliphatic heterocycles. The number of benzene rings is 1. The summed E-state index contributed by atoms with van der Waals surface area (Å²) in [6, 6.07) is 8.95. The quantitative estimate of drug-likeness (QED) is 0.420. The van der Waals surface area contributed by atoms with Crippen LogP contribution in [0.1, 0.15) is 45.6 Å². The predicted molar refractivity (Wildman–Crippen MR) is 143 cm³/mol. The minimum absolute atomic E-state index is 0.0169. The summed E-state index contributed by atoms with van der Waals surface area (Å²) in [7, 11) is 0. The molecule has 1 unspecified atom stereocenters. The van der Waals surface area contributed by atoms with Crippen molar-refractivity contribution in [3.63, 3.8) is 0 Å². The molecule has 0 radical (unpaired) electrons. The molecular weight excluding hydrogens is 482 g/mol. The van der Waals surface area contributed by atoms with E-state index in [-0.39, 0.29) is 30.4 Å². The fourth-order valence-electron chi connectivity index (χ4n) is 6.87. The van der Waals surface area contributed by atoms with Gasteiger partial charge in [0, 0.05) is 38.8 Å².